The highest BCUT2D eigenvalue weighted by molar-refractivity contribution is 8.11. The number of hydrogen-bond acceptors (Lipinski definition) is 2. The lowest BCUT2D eigenvalue weighted by atomic mass is 10.1. The van der Waals surface area contributed by atoms with Gasteiger partial charge in [-0.1, -0.05) is 73.0 Å². The minimum atomic E-state index is 0.492. The first kappa shape index (κ1) is 17.2. The van der Waals surface area contributed by atoms with Crippen LogP contribution in [0, 0.1) is 0 Å². The number of rotatable bonds is 3. The Morgan fingerprint density at radius 1 is 0.750 bits per heavy atom. The molecule has 0 aliphatic rings. The van der Waals surface area contributed by atoms with Gasteiger partial charge in [0.05, 0.1) is 0 Å². The topological polar surface area (TPSA) is 24.1 Å². The van der Waals surface area contributed by atoms with Gasteiger partial charge in [-0.25, -0.2) is 0 Å². The predicted octanol–water partition coefficient (Wildman–Crippen LogP) is 3.43. The third kappa shape index (κ3) is 7.69. The number of hydrogen-bond donors (Lipinski definition) is 4. The first-order chi connectivity index (χ1) is 9.59. The van der Waals surface area contributed by atoms with E-state index in [4.69, 9.17) is 0 Å². The van der Waals surface area contributed by atoms with Crippen molar-refractivity contribution in [3.05, 3.63) is 48.5 Å². The van der Waals surface area contributed by atoms with Gasteiger partial charge >= 0.3 is 0 Å². The Bertz CT molecular complexity index is 490. The normalized spacial score (nSPS) is 9.30. The molecule has 0 amide bonds. The molecule has 2 aromatic rings. The van der Waals surface area contributed by atoms with Crippen molar-refractivity contribution in [3.8, 4) is 0 Å². The zero-order valence-corrected chi connectivity index (χ0v) is 14.2. The van der Waals surface area contributed by atoms with Crippen molar-refractivity contribution < 1.29 is 0 Å². The van der Waals surface area contributed by atoms with Gasteiger partial charge in [0.2, 0.25) is 0 Å². The van der Waals surface area contributed by atoms with Crippen LogP contribution in [0.2, 0.25) is 0 Å². The second kappa shape index (κ2) is 9.99. The number of thiol groups is 2. The van der Waals surface area contributed by atoms with E-state index in [2.05, 4.69) is 109 Å². The maximum absolute atomic E-state index is 4.65. The summed E-state index contributed by atoms with van der Waals surface area (Å²) in [4.78, 5) is 0. The van der Waals surface area contributed by atoms with E-state index in [1.54, 1.807) is 0 Å². The fourth-order valence-corrected chi connectivity index (χ4v) is 1.90. The maximum Gasteiger partial charge on any atom is 0.130 e. The lowest BCUT2D eigenvalue weighted by molar-refractivity contribution is 0.834. The Morgan fingerprint density at radius 3 is 1.30 bits per heavy atom. The predicted molar refractivity (Wildman–Crippen MR) is 103 cm³/mol. The molecule has 2 N–H and O–H groups in total. The molecule has 20 heavy (non-hydrogen) atoms. The highest BCUT2D eigenvalue weighted by atomic mass is 32.1. The highest BCUT2D eigenvalue weighted by Crippen LogP contribution is 2.11. The smallest absolute Gasteiger partial charge is 0.130 e. The average molecular weight is 341 g/mol. The van der Waals surface area contributed by atoms with Crippen LogP contribution >= 0.6 is 49.7 Å². The molecular formula is C14H16N2S4. The molecule has 2 rings (SSSR count). The van der Waals surface area contributed by atoms with Gasteiger partial charge in [0.1, 0.15) is 8.64 Å². The summed E-state index contributed by atoms with van der Waals surface area (Å²) < 4.78 is 0.985. The minimum absolute atomic E-state index is 0.492. The molecule has 2 nitrogen and oxygen atoms in total. The maximum atomic E-state index is 4.65. The number of fused-ring (bicyclic) bond motifs is 1. The van der Waals surface area contributed by atoms with E-state index in [1.165, 1.54) is 10.8 Å². The van der Waals surface area contributed by atoms with Crippen LogP contribution < -0.4 is 10.6 Å². The molecule has 0 radical (unpaired) electrons. The first-order valence-electron chi connectivity index (χ1n) is 5.97. The van der Waals surface area contributed by atoms with Crippen LogP contribution in [0.15, 0.2) is 48.5 Å². The fourth-order valence-electron chi connectivity index (χ4n) is 1.47. The lowest BCUT2D eigenvalue weighted by Gasteiger charge is -2.03. The average Bonchev–Trinajstić information content (AvgIpc) is 2.44. The monoisotopic (exact) mass is 340 g/mol. The van der Waals surface area contributed by atoms with Crippen molar-refractivity contribution in [1.29, 1.82) is 0 Å². The molecule has 0 aromatic heterocycles. The van der Waals surface area contributed by atoms with E-state index < -0.39 is 0 Å². The molecular weight excluding hydrogens is 324 g/mol. The van der Waals surface area contributed by atoms with Crippen molar-refractivity contribution in [3.63, 3.8) is 0 Å². The summed E-state index contributed by atoms with van der Waals surface area (Å²) in [6.45, 7) is 1.42. The van der Waals surface area contributed by atoms with E-state index in [0.29, 0.717) is 21.7 Å². The van der Waals surface area contributed by atoms with Crippen molar-refractivity contribution in [2.45, 2.75) is 0 Å². The Balaban J connectivity index is 0.000000200. The van der Waals surface area contributed by atoms with Crippen LogP contribution in [0.1, 0.15) is 0 Å². The second-order valence-corrected chi connectivity index (χ2v) is 6.13. The molecule has 0 saturated heterocycles. The number of nitrogens with one attached hydrogen (secondary N) is 2. The summed E-state index contributed by atoms with van der Waals surface area (Å²) in [5.74, 6) is 0. The standard InChI is InChI=1S/C10H8.C4H8N2S4/c1-2-6-10-8-4-3-7-9(10)5-1;7-3(8)5-1-2-6-4(9)10/h1-8H;1-2H2,(H2,5,7,8)(H2,6,9,10). The van der Waals surface area contributed by atoms with E-state index in [0.717, 1.165) is 0 Å². The molecule has 0 fully saturated rings. The van der Waals surface area contributed by atoms with Gasteiger partial charge in [0, 0.05) is 13.1 Å². The summed E-state index contributed by atoms with van der Waals surface area (Å²) in [5.41, 5.74) is 0. The summed E-state index contributed by atoms with van der Waals surface area (Å²) >= 11 is 17.0. The Labute approximate surface area is 141 Å². The molecule has 0 unspecified atom stereocenters. The molecule has 0 atom stereocenters. The summed E-state index contributed by atoms with van der Waals surface area (Å²) in [7, 11) is 0. The Kier molecular flexibility index (Phi) is 8.60. The summed E-state index contributed by atoms with van der Waals surface area (Å²) in [5, 5.41) is 8.30. The van der Waals surface area contributed by atoms with Crippen LogP contribution in [0.5, 0.6) is 0 Å². The van der Waals surface area contributed by atoms with Crippen molar-refractivity contribution in [1.82, 2.24) is 10.6 Å². The lowest BCUT2D eigenvalue weighted by Crippen LogP contribution is -2.29. The zero-order chi connectivity index (χ0) is 14.8. The first-order valence-corrected chi connectivity index (χ1v) is 7.68. The molecule has 0 aliphatic carbocycles. The molecule has 0 spiro atoms. The van der Waals surface area contributed by atoms with E-state index in [9.17, 15) is 0 Å². The fraction of sp³-hybridized carbons (Fsp3) is 0.143. The van der Waals surface area contributed by atoms with Gasteiger partial charge in [-0.3, -0.25) is 0 Å². The largest absolute Gasteiger partial charge is 0.369 e. The minimum Gasteiger partial charge on any atom is -0.369 e. The Hall–Kier alpha value is -0.820. The zero-order valence-electron chi connectivity index (χ0n) is 10.7. The van der Waals surface area contributed by atoms with E-state index >= 15 is 0 Å². The van der Waals surface area contributed by atoms with Gasteiger partial charge in [-0.2, -0.15) is 0 Å². The van der Waals surface area contributed by atoms with Crippen molar-refractivity contribution in [2.24, 2.45) is 0 Å². The van der Waals surface area contributed by atoms with Crippen LogP contribution in [0.25, 0.3) is 10.8 Å². The molecule has 0 saturated carbocycles. The van der Waals surface area contributed by atoms with Gasteiger partial charge in [-0.15, -0.1) is 25.3 Å². The molecule has 0 aliphatic heterocycles. The van der Waals surface area contributed by atoms with Gasteiger partial charge in [-0.05, 0) is 10.8 Å². The molecule has 6 heteroatoms. The third-order valence-electron chi connectivity index (χ3n) is 2.34. The summed E-state index contributed by atoms with van der Waals surface area (Å²) in [6, 6.07) is 16.7. The molecule has 2 aromatic carbocycles. The molecule has 106 valence electrons. The van der Waals surface area contributed by atoms with Crippen LogP contribution in [0.3, 0.4) is 0 Å². The van der Waals surface area contributed by atoms with E-state index in [-0.39, 0.29) is 0 Å². The van der Waals surface area contributed by atoms with Gasteiger partial charge in [0.25, 0.3) is 0 Å². The SMILES string of the molecule is S=C(S)NCCNC(=S)S.c1ccc2ccccc2c1. The number of benzene rings is 2. The number of thiocarbonyl (C=S) groups is 2. The van der Waals surface area contributed by atoms with Crippen LogP contribution in [-0.2, 0) is 0 Å². The molecule has 0 bridgehead atoms. The van der Waals surface area contributed by atoms with Gasteiger partial charge < -0.3 is 10.6 Å². The highest BCUT2D eigenvalue weighted by Gasteiger charge is 1.87. The Morgan fingerprint density at radius 2 is 1.05 bits per heavy atom. The molecule has 0 heterocycles. The van der Waals surface area contributed by atoms with Gasteiger partial charge in [0.15, 0.2) is 0 Å². The van der Waals surface area contributed by atoms with Crippen molar-refractivity contribution in [2.75, 3.05) is 13.1 Å². The van der Waals surface area contributed by atoms with E-state index in [1.807, 2.05) is 0 Å². The second-order valence-electron chi connectivity index (χ2n) is 3.81. The van der Waals surface area contributed by atoms with Crippen LogP contribution in [-0.4, -0.2) is 21.7 Å². The summed E-state index contributed by atoms with van der Waals surface area (Å²) in [6.07, 6.45) is 0. The quantitative estimate of drug-likeness (QED) is 0.391. The van der Waals surface area contributed by atoms with Crippen LogP contribution in [0.4, 0.5) is 0 Å². The van der Waals surface area contributed by atoms with Crippen molar-refractivity contribution >= 4 is 69.1 Å². The third-order valence-corrected chi connectivity index (χ3v) is 2.94.